The number of carbonyl (C=O) groups is 2. The van der Waals surface area contributed by atoms with Crippen molar-refractivity contribution in [2.75, 3.05) is 39.3 Å². The average molecular weight is 854 g/mol. The van der Waals surface area contributed by atoms with E-state index in [1.54, 1.807) is 22.7 Å². The second kappa shape index (κ2) is 20.0. The summed E-state index contributed by atoms with van der Waals surface area (Å²) in [5.74, 6) is 0.170. The van der Waals surface area contributed by atoms with E-state index < -0.39 is 0 Å². The molecule has 0 aliphatic carbocycles. The molecule has 2 aliphatic heterocycles. The summed E-state index contributed by atoms with van der Waals surface area (Å²) in [6.07, 6.45) is 15.2. The maximum atomic E-state index is 12.9. The third kappa shape index (κ3) is 9.90. The fraction of sp³-hybridized carbons (Fsp3) is 0.360. The minimum absolute atomic E-state index is 0. The van der Waals surface area contributed by atoms with Crippen molar-refractivity contribution in [1.29, 1.82) is 0 Å². The van der Waals surface area contributed by atoms with Crippen LogP contribution in [0.25, 0.3) is 52.9 Å². The number of likely N-dealkylation sites (tertiary alicyclic amines) is 2. The van der Waals surface area contributed by atoms with Crippen molar-refractivity contribution in [2.24, 2.45) is 0 Å². The summed E-state index contributed by atoms with van der Waals surface area (Å²) in [5, 5.41) is 3.09. The van der Waals surface area contributed by atoms with Crippen LogP contribution in [-0.4, -0.2) is 79.7 Å². The van der Waals surface area contributed by atoms with E-state index in [9.17, 15) is 9.59 Å². The molecule has 0 atom stereocenters. The Morgan fingerprint density at radius 1 is 0.639 bits per heavy atom. The van der Waals surface area contributed by atoms with Crippen LogP contribution >= 0.6 is 22.7 Å². The summed E-state index contributed by atoms with van der Waals surface area (Å²) in [6.45, 7) is 12.1. The van der Waals surface area contributed by atoms with Crippen LogP contribution in [0, 0.1) is 6.92 Å². The molecule has 0 unspecified atom stereocenters. The molecule has 0 radical (unpaired) electrons. The van der Waals surface area contributed by atoms with E-state index in [0.717, 1.165) is 109 Å². The van der Waals surface area contributed by atoms with Gasteiger partial charge in [0.2, 0.25) is 0 Å². The van der Waals surface area contributed by atoms with Crippen molar-refractivity contribution < 1.29 is 11.0 Å². The molecule has 1 N–H and O–H groups in total. The monoisotopic (exact) mass is 853 g/mol. The van der Waals surface area contributed by atoms with Crippen LogP contribution < -0.4 is 5.32 Å². The van der Waals surface area contributed by atoms with Gasteiger partial charge in [0.25, 0.3) is 11.8 Å². The molecule has 4 aromatic carbocycles. The number of benzene rings is 4. The van der Waals surface area contributed by atoms with Crippen molar-refractivity contribution in [3.63, 3.8) is 0 Å². The van der Waals surface area contributed by atoms with Crippen LogP contribution in [0.3, 0.4) is 0 Å². The molecule has 0 saturated carbocycles. The van der Waals surface area contributed by atoms with E-state index in [1.807, 2.05) is 67.3 Å². The molecule has 9 nitrogen and oxygen atoms in total. The van der Waals surface area contributed by atoms with Crippen LogP contribution in [0.1, 0.15) is 99.3 Å². The average Bonchev–Trinajstić information content (AvgIpc) is 3.94. The first kappa shape index (κ1) is 42.3. The highest BCUT2D eigenvalue weighted by Crippen LogP contribution is 2.32. The number of carbonyl (C=O) groups excluding carboxylic acids is 2. The van der Waals surface area contributed by atoms with E-state index in [-0.39, 0.29) is 13.2 Å². The Morgan fingerprint density at radius 3 is 1.75 bits per heavy atom. The van der Waals surface area contributed by atoms with Crippen LogP contribution in [0.5, 0.6) is 0 Å². The molecule has 2 saturated heterocycles. The van der Waals surface area contributed by atoms with Gasteiger partial charge in [-0.2, -0.15) is 0 Å². The van der Waals surface area contributed by atoms with Gasteiger partial charge in [0, 0.05) is 55.7 Å². The third-order valence-electron chi connectivity index (χ3n) is 11.6. The number of nitrogens with zero attached hydrogens (tertiary/aromatic N) is 6. The minimum atomic E-state index is 0. The van der Waals surface area contributed by atoms with Gasteiger partial charge in [0.1, 0.15) is 0 Å². The zero-order chi connectivity index (χ0) is 42.1. The SMILES string of the molecule is CC.Cc1ccc(-c2cn3c(n2)sc2cc(C(=O)N4CCCCCC4)ccc23)cc1.O=C(NCCCN1CCCCCC1)c1ccc2c(c1)sc1nc(-c3ccccc3)cn12.[HH]. The van der Waals surface area contributed by atoms with Gasteiger partial charge < -0.3 is 15.1 Å². The van der Waals surface area contributed by atoms with Gasteiger partial charge in [0.05, 0.1) is 31.8 Å². The molecule has 2 fully saturated rings. The lowest BCUT2D eigenvalue weighted by molar-refractivity contribution is 0.0761. The molecule has 2 aliphatic rings. The Bertz CT molecular complexity index is 2700. The standard InChI is InChI=1S/C25H28N4OS.C23H23N3OS.C2H6.H2/c30-24(26-13-8-16-28-14-6-1-2-7-15-28)20-11-12-22-23(17-20)31-25-27-21(18-29(22)25)19-9-4-3-5-10-19;1-16-6-8-17(9-7-16)19-15-26-20-11-10-18(14-21(20)28-23(26)24-19)22(27)25-12-4-2-3-5-13-25;1-2;/h3-5,9-12,17-18H,1-2,6-8,13-16H2,(H,26,30);6-11,14-15H,2-5,12-13H2,1H3;1-2H3;1H. The van der Waals surface area contributed by atoms with Crippen LogP contribution in [-0.2, 0) is 0 Å². The third-order valence-corrected chi connectivity index (χ3v) is 13.7. The van der Waals surface area contributed by atoms with Crippen LogP contribution in [0.15, 0.2) is 103 Å². The number of fused-ring (bicyclic) bond motifs is 6. The van der Waals surface area contributed by atoms with Gasteiger partial charge in [0.15, 0.2) is 9.92 Å². The molecule has 0 bridgehead atoms. The Labute approximate surface area is 368 Å². The summed E-state index contributed by atoms with van der Waals surface area (Å²) >= 11 is 3.27. The molecule has 4 aromatic heterocycles. The summed E-state index contributed by atoms with van der Waals surface area (Å²) in [5.41, 5.74) is 9.15. The Kier molecular flexibility index (Phi) is 13.9. The van der Waals surface area contributed by atoms with E-state index in [4.69, 9.17) is 9.97 Å². The lowest BCUT2D eigenvalue weighted by atomic mass is 10.1. The summed E-state index contributed by atoms with van der Waals surface area (Å²) < 4.78 is 6.44. The van der Waals surface area contributed by atoms with E-state index >= 15 is 0 Å². The summed E-state index contributed by atoms with van der Waals surface area (Å²) in [7, 11) is 0. The predicted molar refractivity (Wildman–Crippen MR) is 256 cm³/mol. The maximum Gasteiger partial charge on any atom is 0.253 e. The van der Waals surface area contributed by atoms with E-state index in [1.165, 1.54) is 57.2 Å². The number of hydrogen-bond donors (Lipinski definition) is 1. The molecular formula is C50H59N7O2S2. The quantitative estimate of drug-likeness (QED) is 0.154. The predicted octanol–water partition coefficient (Wildman–Crippen LogP) is 12.0. The van der Waals surface area contributed by atoms with Crippen molar-refractivity contribution in [3.05, 3.63) is 120 Å². The lowest BCUT2D eigenvalue weighted by Crippen LogP contribution is -2.31. The summed E-state index contributed by atoms with van der Waals surface area (Å²) in [6, 6.07) is 30.7. The highest BCUT2D eigenvalue weighted by Gasteiger charge is 2.19. The van der Waals surface area contributed by atoms with Crippen molar-refractivity contribution in [1.82, 2.24) is 33.9 Å². The van der Waals surface area contributed by atoms with Crippen LogP contribution in [0.4, 0.5) is 0 Å². The smallest absolute Gasteiger partial charge is 0.253 e. The number of imidazole rings is 2. The molecule has 10 rings (SSSR count). The highest BCUT2D eigenvalue weighted by atomic mass is 32.1. The highest BCUT2D eigenvalue weighted by molar-refractivity contribution is 7.24. The zero-order valence-corrected chi connectivity index (χ0v) is 37.4. The molecule has 6 heterocycles. The van der Waals surface area contributed by atoms with Gasteiger partial charge in [-0.25, -0.2) is 9.97 Å². The topological polar surface area (TPSA) is 87.2 Å². The molecule has 0 spiro atoms. The van der Waals surface area contributed by atoms with Crippen molar-refractivity contribution in [3.8, 4) is 22.5 Å². The molecule has 11 heteroatoms. The summed E-state index contributed by atoms with van der Waals surface area (Å²) in [4.78, 5) is 41.6. The molecule has 61 heavy (non-hydrogen) atoms. The lowest BCUT2D eigenvalue weighted by Gasteiger charge is -2.20. The van der Waals surface area contributed by atoms with E-state index in [2.05, 4.69) is 80.8 Å². The molecular weight excluding hydrogens is 795 g/mol. The number of nitrogens with one attached hydrogen (secondary N) is 1. The van der Waals surface area contributed by atoms with E-state index in [0.29, 0.717) is 0 Å². The van der Waals surface area contributed by atoms with Crippen LogP contribution in [0.2, 0.25) is 0 Å². The normalized spacial score (nSPS) is 14.9. The zero-order valence-electron chi connectivity index (χ0n) is 35.7. The maximum absolute atomic E-state index is 12.9. The minimum Gasteiger partial charge on any atom is -0.352 e. The first-order chi connectivity index (χ1) is 30.0. The fourth-order valence-corrected chi connectivity index (χ4v) is 10.4. The number of hydrogen-bond acceptors (Lipinski definition) is 7. The number of rotatable bonds is 8. The Morgan fingerprint density at radius 2 is 1.16 bits per heavy atom. The Hall–Kier alpha value is -5.36. The number of thiazole rings is 2. The van der Waals surface area contributed by atoms with Gasteiger partial charge in [-0.3, -0.25) is 18.4 Å². The first-order valence-corrected chi connectivity index (χ1v) is 23.9. The number of aromatic nitrogens is 4. The second-order valence-corrected chi connectivity index (χ2v) is 17.9. The molecule has 8 aromatic rings. The first-order valence-electron chi connectivity index (χ1n) is 22.2. The van der Waals surface area contributed by atoms with Gasteiger partial charge >= 0.3 is 0 Å². The van der Waals surface area contributed by atoms with Gasteiger partial charge in [-0.15, -0.1) is 0 Å². The Balaban J connectivity index is 0.000000177. The largest absolute Gasteiger partial charge is 0.352 e. The van der Waals surface area contributed by atoms with Gasteiger partial charge in [-0.05, 0) is 95.1 Å². The molecule has 2 amide bonds. The fourth-order valence-electron chi connectivity index (χ4n) is 8.31. The van der Waals surface area contributed by atoms with Crippen molar-refractivity contribution in [2.45, 2.75) is 78.6 Å². The molecule has 318 valence electrons. The van der Waals surface area contributed by atoms with Gasteiger partial charge in [-0.1, -0.05) is 122 Å². The number of aryl methyl sites for hydroxylation is 1. The van der Waals surface area contributed by atoms with Crippen molar-refractivity contribution >= 4 is 64.8 Å². The number of amides is 2. The second-order valence-electron chi connectivity index (χ2n) is 15.9.